The summed E-state index contributed by atoms with van der Waals surface area (Å²) in [6.45, 7) is 0. The molecule has 0 radical (unpaired) electrons. The second-order valence-corrected chi connectivity index (χ2v) is 5.13. The van der Waals surface area contributed by atoms with E-state index in [0.717, 1.165) is 11.1 Å². The summed E-state index contributed by atoms with van der Waals surface area (Å²) in [6, 6.07) is 23.1. The lowest BCUT2D eigenvalue weighted by Gasteiger charge is -1.99. The zero-order valence-corrected chi connectivity index (χ0v) is 13.2. The van der Waals surface area contributed by atoms with E-state index in [0.29, 0.717) is 5.82 Å². The van der Waals surface area contributed by atoms with Gasteiger partial charge in [0.05, 0.1) is 18.0 Å². The summed E-state index contributed by atoms with van der Waals surface area (Å²) in [7, 11) is 0. The topological polar surface area (TPSA) is 77.2 Å². The Morgan fingerprint density at radius 2 is 1.40 bits per heavy atom. The lowest BCUT2D eigenvalue weighted by atomic mass is 10.2. The molecule has 2 aromatic carbocycles. The maximum absolute atomic E-state index is 9.39. The highest BCUT2D eigenvalue weighted by molar-refractivity contribution is 5.83. The van der Waals surface area contributed by atoms with Gasteiger partial charge in [0.15, 0.2) is 5.82 Å². The zero-order chi connectivity index (χ0) is 17.5. The van der Waals surface area contributed by atoms with E-state index in [1.54, 1.807) is 12.4 Å². The number of aliphatic imine (C=N–C) groups is 1. The minimum atomic E-state index is 0.208. The van der Waals surface area contributed by atoms with Crippen molar-refractivity contribution in [1.29, 1.82) is 10.5 Å². The van der Waals surface area contributed by atoms with Crippen LogP contribution in [-0.2, 0) is 0 Å². The van der Waals surface area contributed by atoms with Gasteiger partial charge in [-0.05, 0) is 11.1 Å². The van der Waals surface area contributed by atoms with Crippen molar-refractivity contribution >= 4 is 18.2 Å². The Balaban J connectivity index is 2.02. The van der Waals surface area contributed by atoms with Crippen LogP contribution in [0.5, 0.6) is 0 Å². The molecule has 0 N–H and O–H groups in total. The van der Waals surface area contributed by atoms with Crippen molar-refractivity contribution in [2.75, 3.05) is 0 Å². The smallest absolute Gasteiger partial charge is 0.172 e. The molecule has 0 fully saturated rings. The van der Waals surface area contributed by atoms with Gasteiger partial charge >= 0.3 is 0 Å². The largest absolute Gasteiger partial charge is 0.235 e. The standard InChI is InChI=1S/C20H13N5/c21-11-18-15-25(24-14-17-9-5-2-6-10-17)20(19(18)12-22)23-13-16-7-3-1-4-8-16/h1-10,13-15H. The van der Waals surface area contributed by atoms with Gasteiger partial charge < -0.3 is 0 Å². The summed E-state index contributed by atoms with van der Waals surface area (Å²) < 4.78 is 1.45. The highest BCUT2D eigenvalue weighted by Gasteiger charge is 2.14. The van der Waals surface area contributed by atoms with Crippen molar-refractivity contribution in [1.82, 2.24) is 4.68 Å². The number of benzene rings is 2. The number of aromatic nitrogens is 1. The van der Waals surface area contributed by atoms with E-state index in [2.05, 4.69) is 10.1 Å². The van der Waals surface area contributed by atoms with Crippen molar-refractivity contribution in [2.45, 2.75) is 0 Å². The van der Waals surface area contributed by atoms with Crippen LogP contribution in [0.15, 0.2) is 77.0 Å². The van der Waals surface area contributed by atoms with E-state index in [1.165, 1.54) is 10.9 Å². The first-order chi connectivity index (χ1) is 12.3. The monoisotopic (exact) mass is 323 g/mol. The van der Waals surface area contributed by atoms with Crippen molar-refractivity contribution in [3.05, 3.63) is 89.1 Å². The first-order valence-corrected chi connectivity index (χ1v) is 7.56. The first-order valence-electron chi connectivity index (χ1n) is 7.56. The van der Waals surface area contributed by atoms with Crippen LogP contribution in [-0.4, -0.2) is 17.1 Å². The molecule has 3 rings (SSSR count). The van der Waals surface area contributed by atoms with Crippen LogP contribution in [0.4, 0.5) is 5.82 Å². The van der Waals surface area contributed by atoms with Crippen molar-refractivity contribution in [2.24, 2.45) is 10.1 Å². The molecule has 1 aromatic heterocycles. The van der Waals surface area contributed by atoms with Gasteiger partial charge in [0.1, 0.15) is 17.7 Å². The summed E-state index contributed by atoms with van der Waals surface area (Å²) in [5.74, 6) is 0.329. The van der Waals surface area contributed by atoms with Crippen LogP contribution in [0.25, 0.3) is 0 Å². The predicted molar refractivity (Wildman–Crippen MR) is 97.0 cm³/mol. The molecule has 0 unspecified atom stereocenters. The normalized spacial score (nSPS) is 10.8. The average Bonchev–Trinajstić information content (AvgIpc) is 3.03. The molecule has 0 aliphatic carbocycles. The Kier molecular flexibility index (Phi) is 4.80. The van der Waals surface area contributed by atoms with Crippen LogP contribution >= 0.6 is 0 Å². The van der Waals surface area contributed by atoms with Crippen LogP contribution < -0.4 is 0 Å². The van der Waals surface area contributed by atoms with Crippen molar-refractivity contribution in [3.63, 3.8) is 0 Å². The quantitative estimate of drug-likeness (QED) is 0.683. The van der Waals surface area contributed by atoms with Gasteiger partial charge in [0.2, 0.25) is 0 Å². The van der Waals surface area contributed by atoms with Gasteiger partial charge in [-0.2, -0.15) is 15.6 Å². The molecular weight excluding hydrogens is 310 g/mol. The molecule has 5 heteroatoms. The fraction of sp³-hybridized carbons (Fsp3) is 0. The van der Waals surface area contributed by atoms with E-state index in [9.17, 15) is 10.5 Å². The lowest BCUT2D eigenvalue weighted by Crippen LogP contribution is -1.90. The van der Waals surface area contributed by atoms with Gasteiger partial charge in [-0.3, -0.25) is 0 Å². The van der Waals surface area contributed by atoms with Gasteiger partial charge in [0.25, 0.3) is 0 Å². The molecule has 0 saturated carbocycles. The molecule has 118 valence electrons. The summed E-state index contributed by atoms with van der Waals surface area (Å²) in [4.78, 5) is 4.38. The fourth-order valence-corrected chi connectivity index (χ4v) is 2.23. The van der Waals surface area contributed by atoms with Crippen LogP contribution in [0, 0.1) is 22.7 Å². The van der Waals surface area contributed by atoms with Gasteiger partial charge in [-0.25, -0.2) is 9.67 Å². The maximum Gasteiger partial charge on any atom is 0.172 e. The lowest BCUT2D eigenvalue weighted by molar-refractivity contribution is 0.892. The molecule has 3 aromatic rings. The van der Waals surface area contributed by atoms with E-state index in [4.69, 9.17) is 0 Å². The molecule has 25 heavy (non-hydrogen) atoms. The highest BCUT2D eigenvalue weighted by atomic mass is 15.4. The molecule has 0 saturated heterocycles. The molecule has 0 atom stereocenters. The van der Waals surface area contributed by atoms with Crippen molar-refractivity contribution < 1.29 is 0 Å². The third kappa shape index (κ3) is 3.69. The van der Waals surface area contributed by atoms with Crippen LogP contribution in [0.2, 0.25) is 0 Å². The average molecular weight is 323 g/mol. The summed E-state index contributed by atoms with van der Waals surface area (Å²) >= 11 is 0. The van der Waals surface area contributed by atoms with Gasteiger partial charge in [0, 0.05) is 6.21 Å². The Morgan fingerprint density at radius 3 is 1.96 bits per heavy atom. The van der Waals surface area contributed by atoms with Gasteiger partial charge in [-0.15, -0.1) is 0 Å². The number of rotatable bonds is 4. The Bertz CT molecular complexity index is 1000. The number of nitrogens with zero attached hydrogens (tertiary/aromatic N) is 5. The summed E-state index contributed by atoms with van der Waals surface area (Å²) in [5.41, 5.74) is 2.25. The molecule has 0 aliphatic heterocycles. The fourth-order valence-electron chi connectivity index (χ4n) is 2.23. The predicted octanol–water partition coefficient (Wildman–Crippen LogP) is 3.86. The zero-order valence-electron chi connectivity index (χ0n) is 13.2. The number of hydrogen-bond donors (Lipinski definition) is 0. The second-order valence-electron chi connectivity index (χ2n) is 5.13. The first kappa shape index (κ1) is 15.9. The van der Waals surface area contributed by atoms with E-state index < -0.39 is 0 Å². The minimum Gasteiger partial charge on any atom is -0.235 e. The molecule has 0 amide bonds. The van der Waals surface area contributed by atoms with E-state index in [1.807, 2.05) is 72.8 Å². The molecule has 0 aliphatic rings. The maximum atomic E-state index is 9.39. The number of nitriles is 2. The SMILES string of the molecule is N#Cc1cn(N=Cc2ccccc2)c(N=Cc2ccccc2)c1C#N. The Hall–Kier alpha value is -3.96. The third-order valence-electron chi connectivity index (χ3n) is 3.46. The molecule has 0 spiro atoms. The van der Waals surface area contributed by atoms with E-state index >= 15 is 0 Å². The molecular formula is C20H13N5. The molecule has 0 bridgehead atoms. The molecule has 5 nitrogen and oxygen atoms in total. The minimum absolute atomic E-state index is 0.208. The summed E-state index contributed by atoms with van der Waals surface area (Å²) in [5, 5.41) is 23.0. The van der Waals surface area contributed by atoms with Crippen LogP contribution in [0.1, 0.15) is 22.3 Å². The Labute approximate surface area is 145 Å². The molecule has 1 heterocycles. The highest BCUT2D eigenvalue weighted by Crippen LogP contribution is 2.24. The second kappa shape index (κ2) is 7.54. The van der Waals surface area contributed by atoms with Gasteiger partial charge in [-0.1, -0.05) is 60.7 Å². The van der Waals surface area contributed by atoms with E-state index in [-0.39, 0.29) is 11.1 Å². The summed E-state index contributed by atoms with van der Waals surface area (Å²) in [6.07, 6.45) is 4.81. The number of hydrogen-bond acceptors (Lipinski definition) is 4. The third-order valence-corrected chi connectivity index (χ3v) is 3.46. The van der Waals surface area contributed by atoms with Crippen molar-refractivity contribution in [3.8, 4) is 12.1 Å². The van der Waals surface area contributed by atoms with Crippen LogP contribution in [0.3, 0.4) is 0 Å². The Morgan fingerprint density at radius 1 is 0.800 bits per heavy atom.